The number of pyridine rings is 1. The molecule has 0 amide bonds. The van der Waals surface area contributed by atoms with Gasteiger partial charge in [-0.15, -0.1) is 0 Å². The van der Waals surface area contributed by atoms with E-state index in [1.807, 2.05) is 0 Å². The van der Waals surface area contributed by atoms with Gasteiger partial charge in [0.25, 0.3) is 5.56 Å². The van der Waals surface area contributed by atoms with E-state index in [0.717, 1.165) is 60.6 Å². The van der Waals surface area contributed by atoms with Crippen LogP contribution < -0.4 is 15.2 Å². The Morgan fingerprint density at radius 1 is 1.09 bits per heavy atom. The van der Waals surface area contributed by atoms with Crippen molar-refractivity contribution < 1.29 is 0 Å². The van der Waals surface area contributed by atoms with Crippen LogP contribution in [0.15, 0.2) is 38.5 Å². The van der Waals surface area contributed by atoms with Crippen LogP contribution in [0.1, 0.15) is 45.1 Å². The number of allylic oxidation sites excluding steroid dienone is 1. The van der Waals surface area contributed by atoms with Crippen molar-refractivity contribution in [1.82, 2.24) is 14.6 Å². The first-order valence-corrected chi connectivity index (χ1v) is 12.6. The summed E-state index contributed by atoms with van der Waals surface area (Å²) in [4.78, 5) is 26.6. The van der Waals surface area contributed by atoms with E-state index in [-0.39, 0.29) is 5.56 Å². The minimum Gasteiger partial charge on any atom is -0.365 e. The molecule has 0 bridgehead atoms. The molecule has 0 unspecified atom stereocenters. The number of piperazine rings is 1. The Bertz CT molecular complexity index is 1140. The van der Waals surface area contributed by atoms with Gasteiger partial charge in [0.05, 0.1) is 12.1 Å². The summed E-state index contributed by atoms with van der Waals surface area (Å²) >= 11 is 1.72. The number of benzene rings is 1. The largest absolute Gasteiger partial charge is 0.365 e. The lowest BCUT2D eigenvalue weighted by molar-refractivity contribution is 0.312. The lowest BCUT2D eigenvalue weighted by Crippen LogP contribution is -2.46. The molecule has 7 heteroatoms. The third kappa shape index (κ3) is 4.26. The zero-order chi connectivity index (χ0) is 22.2. The summed E-state index contributed by atoms with van der Waals surface area (Å²) < 4.78 is 3.71. The van der Waals surface area contributed by atoms with Crippen LogP contribution >= 0.6 is 11.9 Å². The molecule has 32 heavy (non-hydrogen) atoms. The summed E-state index contributed by atoms with van der Waals surface area (Å²) in [6, 6.07) is 7.09. The number of anilines is 1. The first kappa shape index (κ1) is 21.7. The van der Waals surface area contributed by atoms with E-state index in [2.05, 4.69) is 63.6 Å². The number of fused-ring (bicyclic) bond motifs is 1. The van der Waals surface area contributed by atoms with Gasteiger partial charge < -0.3 is 14.8 Å². The lowest BCUT2D eigenvalue weighted by Gasteiger charge is -2.33. The molecule has 2 fully saturated rings. The number of hydrogen-bond donors (Lipinski definition) is 2. The highest BCUT2D eigenvalue weighted by atomic mass is 32.2. The first-order chi connectivity index (χ1) is 15.5. The van der Waals surface area contributed by atoms with E-state index in [1.165, 1.54) is 41.7 Å². The van der Waals surface area contributed by atoms with Crippen molar-refractivity contribution in [3.05, 3.63) is 39.7 Å². The average Bonchev–Trinajstić information content (AvgIpc) is 3.41. The molecule has 0 radical (unpaired) electrons. The van der Waals surface area contributed by atoms with Gasteiger partial charge in [0, 0.05) is 53.8 Å². The maximum absolute atomic E-state index is 13.1. The van der Waals surface area contributed by atoms with Gasteiger partial charge in [-0.2, -0.15) is 0 Å². The van der Waals surface area contributed by atoms with Gasteiger partial charge in [-0.1, -0.05) is 12.8 Å². The van der Waals surface area contributed by atoms with Crippen LogP contribution in [-0.4, -0.2) is 61.4 Å². The summed E-state index contributed by atoms with van der Waals surface area (Å²) in [6.45, 7) is 8.73. The Kier molecular flexibility index (Phi) is 6.14. The second kappa shape index (κ2) is 9.04. The van der Waals surface area contributed by atoms with Crippen molar-refractivity contribution in [3.63, 3.8) is 0 Å². The predicted molar refractivity (Wildman–Crippen MR) is 136 cm³/mol. The molecule has 1 aromatic heterocycles. The molecule has 2 aromatic rings. The van der Waals surface area contributed by atoms with Crippen LogP contribution in [0.5, 0.6) is 0 Å². The standard InChI is InChI=1S/C25H33N5OS/c1-16-15-26-17(2)24(16)18-12-21-20(23(13-18)32-28-19-6-4-5-7-19)14-22(25(31)27-21)30-10-8-29(3)9-11-30/h12-14,19,28H,4-11,15H2,1-3H3,(H,27,31). The molecule has 2 aliphatic heterocycles. The van der Waals surface area contributed by atoms with Crippen molar-refractivity contribution in [1.29, 1.82) is 0 Å². The number of nitrogens with zero attached hydrogens (tertiary/aromatic N) is 3. The Hall–Kier alpha value is -2.09. The van der Waals surface area contributed by atoms with Crippen molar-refractivity contribution in [3.8, 4) is 0 Å². The van der Waals surface area contributed by atoms with Gasteiger partial charge in [-0.25, -0.2) is 0 Å². The maximum atomic E-state index is 13.1. The molecule has 3 aliphatic rings. The van der Waals surface area contributed by atoms with Crippen LogP contribution in [0.25, 0.3) is 16.5 Å². The van der Waals surface area contributed by atoms with E-state index < -0.39 is 0 Å². The van der Waals surface area contributed by atoms with Gasteiger partial charge in [0.1, 0.15) is 5.69 Å². The predicted octanol–water partition coefficient (Wildman–Crippen LogP) is 4.07. The Balaban J connectivity index is 1.58. The van der Waals surface area contributed by atoms with Gasteiger partial charge >= 0.3 is 0 Å². The molecule has 0 spiro atoms. The molecule has 1 saturated heterocycles. The molecular weight excluding hydrogens is 418 g/mol. The third-order valence-corrected chi connectivity index (χ3v) is 8.08. The highest BCUT2D eigenvalue weighted by Gasteiger charge is 2.22. The summed E-state index contributed by atoms with van der Waals surface area (Å²) in [5.41, 5.74) is 6.43. The molecule has 1 aromatic carbocycles. The highest BCUT2D eigenvalue weighted by molar-refractivity contribution is 7.97. The molecule has 6 nitrogen and oxygen atoms in total. The second-order valence-electron chi connectivity index (χ2n) is 9.47. The SMILES string of the molecule is CC1=NCC(C)=C1c1cc(SNC2CCCC2)c2cc(N3CCN(C)CC3)c(=O)[nH]c2c1. The van der Waals surface area contributed by atoms with Crippen LogP contribution in [0.2, 0.25) is 0 Å². The van der Waals surface area contributed by atoms with E-state index in [9.17, 15) is 4.79 Å². The highest BCUT2D eigenvalue weighted by Crippen LogP contribution is 2.35. The number of aliphatic imine (C=N–C) groups is 1. The fraction of sp³-hybridized carbons (Fsp3) is 0.520. The lowest BCUT2D eigenvalue weighted by atomic mass is 9.97. The Labute approximate surface area is 194 Å². The zero-order valence-corrected chi connectivity index (χ0v) is 20.1. The monoisotopic (exact) mass is 451 g/mol. The van der Waals surface area contributed by atoms with Gasteiger partial charge in [0.15, 0.2) is 0 Å². The number of nitrogens with one attached hydrogen (secondary N) is 2. The molecule has 2 N–H and O–H groups in total. The quantitative estimate of drug-likeness (QED) is 0.671. The Morgan fingerprint density at radius 2 is 1.84 bits per heavy atom. The van der Waals surface area contributed by atoms with Gasteiger partial charge in [-0.05, 0) is 75.0 Å². The summed E-state index contributed by atoms with van der Waals surface area (Å²) in [6.07, 6.45) is 5.09. The van der Waals surface area contributed by atoms with E-state index in [1.54, 1.807) is 11.9 Å². The van der Waals surface area contributed by atoms with Crippen LogP contribution in [0.4, 0.5) is 5.69 Å². The minimum absolute atomic E-state index is 0.00131. The molecular formula is C25H33N5OS. The van der Waals surface area contributed by atoms with Crippen molar-refractivity contribution >= 4 is 39.8 Å². The van der Waals surface area contributed by atoms with Crippen LogP contribution in [0.3, 0.4) is 0 Å². The third-order valence-electron chi connectivity index (χ3n) is 7.07. The summed E-state index contributed by atoms with van der Waals surface area (Å²) in [5.74, 6) is 0. The molecule has 170 valence electrons. The minimum atomic E-state index is 0.00131. The maximum Gasteiger partial charge on any atom is 0.271 e. The number of H-pyrrole nitrogens is 1. The van der Waals surface area contributed by atoms with Crippen molar-refractivity contribution in [2.24, 2.45) is 4.99 Å². The van der Waals surface area contributed by atoms with Gasteiger partial charge in [0.2, 0.25) is 0 Å². The van der Waals surface area contributed by atoms with E-state index in [0.29, 0.717) is 6.04 Å². The molecule has 1 aliphatic carbocycles. The smallest absolute Gasteiger partial charge is 0.271 e. The number of aromatic amines is 1. The number of aromatic nitrogens is 1. The van der Waals surface area contributed by atoms with E-state index in [4.69, 9.17) is 0 Å². The van der Waals surface area contributed by atoms with Crippen molar-refractivity contribution in [2.75, 3.05) is 44.7 Å². The number of likely N-dealkylation sites (N-methyl/N-ethyl adjacent to an activating group) is 1. The van der Waals surface area contributed by atoms with Crippen LogP contribution in [0, 0.1) is 0 Å². The number of rotatable bonds is 5. The van der Waals surface area contributed by atoms with Crippen LogP contribution in [-0.2, 0) is 0 Å². The number of hydrogen-bond acceptors (Lipinski definition) is 6. The van der Waals surface area contributed by atoms with Crippen molar-refractivity contribution in [2.45, 2.75) is 50.5 Å². The van der Waals surface area contributed by atoms with Gasteiger partial charge in [-0.3, -0.25) is 14.5 Å². The topological polar surface area (TPSA) is 63.7 Å². The molecule has 0 atom stereocenters. The average molecular weight is 452 g/mol. The fourth-order valence-corrected chi connectivity index (χ4v) is 6.12. The second-order valence-corrected chi connectivity index (χ2v) is 10.3. The fourth-order valence-electron chi connectivity index (χ4n) is 5.13. The summed E-state index contributed by atoms with van der Waals surface area (Å²) in [5, 5.41) is 1.11. The normalized spacial score (nSPS) is 20.6. The molecule has 5 rings (SSSR count). The Morgan fingerprint density at radius 3 is 2.53 bits per heavy atom. The zero-order valence-electron chi connectivity index (χ0n) is 19.3. The van der Waals surface area contributed by atoms with E-state index >= 15 is 0 Å². The summed E-state index contributed by atoms with van der Waals surface area (Å²) in [7, 11) is 2.14. The first-order valence-electron chi connectivity index (χ1n) is 11.8. The molecule has 1 saturated carbocycles. The molecule has 3 heterocycles.